The van der Waals surface area contributed by atoms with Crippen LogP contribution >= 0.6 is 0 Å². The van der Waals surface area contributed by atoms with Gasteiger partial charge in [0.25, 0.3) is 0 Å². The van der Waals surface area contributed by atoms with Gasteiger partial charge in [-0.05, 0) is 98.5 Å². The number of phenolic OH excluding ortho intramolecular Hbond substituents is 1. The van der Waals surface area contributed by atoms with Crippen LogP contribution in [-0.2, 0) is 6.42 Å². The van der Waals surface area contributed by atoms with Gasteiger partial charge in [0.05, 0.1) is 12.6 Å². The number of aromatic hydroxyl groups is 1. The predicted molar refractivity (Wildman–Crippen MR) is 157 cm³/mol. The molecule has 1 saturated carbocycles. The lowest BCUT2D eigenvalue weighted by Gasteiger charge is -2.31. The Morgan fingerprint density at radius 1 is 1.07 bits per heavy atom. The molecule has 2 saturated heterocycles. The Kier molecular flexibility index (Phi) is 6.76. The van der Waals surface area contributed by atoms with E-state index < -0.39 is 11.6 Å². The summed E-state index contributed by atoms with van der Waals surface area (Å²) in [5, 5.41) is 15.3. The van der Waals surface area contributed by atoms with Gasteiger partial charge in [0.1, 0.15) is 40.6 Å². The average Bonchev–Trinajstić information content (AvgIpc) is 3.61. The molecular formula is C32H35F2N5O3. The Labute approximate surface area is 243 Å². The Bertz CT molecular complexity index is 1680. The van der Waals surface area contributed by atoms with Crippen LogP contribution in [0.2, 0.25) is 0 Å². The molecule has 10 heteroatoms. The number of rotatable bonds is 9. The quantitative estimate of drug-likeness (QED) is 0.243. The van der Waals surface area contributed by atoms with Crippen LogP contribution in [0, 0.1) is 17.6 Å². The maximum absolute atomic E-state index is 16.7. The van der Waals surface area contributed by atoms with Crippen molar-refractivity contribution in [3.05, 3.63) is 41.5 Å². The SMILES string of the molecule is CCc1c(F)ccc2cc(O)cc(-c3nc(OC)c4c(NCC5CC5)nc(OCC56CCCN5CCC6)nc4c3F)c12. The van der Waals surface area contributed by atoms with Crippen LogP contribution < -0.4 is 14.8 Å². The summed E-state index contributed by atoms with van der Waals surface area (Å²) in [5.41, 5.74) is 0.561. The lowest BCUT2D eigenvalue weighted by molar-refractivity contribution is 0.108. The van der Waals surface area contributed by atoms with Crippen molar-refractivity contribution < 1.29 is 23.4 Å². The number of hydrogen-bond donors (Lipinski definition) is 2. The van der Waals surface area contributed by atoms with Crippen LogP contribution in [0.25, 0.3) is 32.9 Å². The van der Waals surface area contributed by atoms with Crippen molar-refractivity contribution in [2.45, 2.75) is 57.4 Å². The van der Waals surface area contributed by atoms with Crippen molar-refractivity contribution in [1.82, 2.24) is 19.9 Å². The summed E-state index contributed by atoms with van der Waals surface area (Å²) in [6.45, 7) is 5.09. The van der Waals surface area contributed by atoms with Gasteiger partial charge in [-0.25, -0.2) is 13.8 Å². The highest BCUT2D eigenvalue weighted by atomic mass is 19.1. The number of fused-ring (bicyclic) bond motifs is 3. The van der Waals surface area contributed by atoms with E-state index in [1.165, 1.54) is 25.3 Å². The number of phenols is 1. The molecule has 2 aromatic heterocycles. The molecule has 0 bridgehead atoms. The third kappa shape index (κ3) is 4.56. The van der Waals surface area contributed by atoms with Crippen molar-refractivity contribution >= 4 is 27.5 Å². The van der Waals surface area contributed by atoms with Crippen molar-refractivity contribution in [2.75, 3.05) is 38.7 Å². The Morgan fingerprint density at radius 3 is 2.57 bits per heavy atom. The number of hydrogen-bond acceptors (Lipinski definition) is 8. The number of anilines is 1. The van der Waals surface area contributed by atoms with Gasteiger partial charge in [-0.15, -0.1) is 0 Å². The second-order valence-corrected chi connectivity index (χ2v) is 11.9. The van der Waals surface area contributed by atoms with E-state index in [1.54, 1.807) is 6.07 Å². The molecule has 2 aliphatic heterocycles. The Morgan fingerprint density at radius 2 is 1.86 bits per heavy atom. The first-order valence-corrected chi connectivity index (χ1v) is 14.9. The van der Waals surface area contributed by atoms with E-state index >= 15 is 4.39 Å². The number of methoxy groups -OCH3 is 1. The summed E-state index contributed by atoms with van der Waals surface area (Å²) in [4.78, 5) is 16.3. The van der Waals surface area contributed by atoms with Gasteiger partial charge >= 0.3 is 6.01 Å². The van der Waals surface area contributed by atoms with E-state index in [4.69, 9.17) is 9.47 Å². The Balaban J connectivity index is 1.40. The first kappa shape index (κ1) is 27.1. The fourth-order valence-corrected chi connectivity index (χ4v) is 6.89. The molecule has 0 spiro atoms. The molecule has 2 aromatic carbocycles. The molecule has 4 heterocycles. The van der Waals surface area contributed by atoms with Crippen molar-refractivity contribution in [2.24, 2.45) is 5.92 Å². The first-order chi connectivity index (χ1) is 20.4. The second-order valence-electron chi connectivity index (χ2n) is 11.9. The standard InChI is InChI=1S/C32H35F2N5O3/c1-3-21-23(33)9-8-19-14-20(40)15-22(24(19)21)27-26(34)28-25(30(36-27)41-2)29(35-16-18-6-7-18)38-31(37-28)42-17-32-10-4-12-39(32)13-5-11-32/h8-9,14-15,18,40H,3-7,10-13,16-17H2,1-2H3,(H,35,37,38). The van der Waals surface area contributed by atoms with E-state index in [0.29, 0.717) is 53.0 Å². The fraction of sp³-hybridized carbons (Fsp3) is 0.469. The molecule has 8 nitrogen and oxygen atoms in total. The second kappa shape index (κ2) is 10.5. The number of aryl methyl sites for hydroxylation is 1. The van der Waals surface area contributed by atoms with Crippen LogP contribution in [0.4, 0.5) is 14.6 Å². The smallest absolute Gasteiger partial charge is 0.319 e. The number of aromatic nitrogens is 3. The molecule has 4 aromatic rings. The molecule has 3 aliphatic rings. The largest absolute Gasteiger partial charge is 0.508 e. The van der Waals surface area contributed by atoms with Gasteiger partial charge in [0.15, 0.2) is 5.82 Å². The van der Waals surface area contributed by atoms with Gasteiger partial charge < -0.3 is 19.9 Å². The summed E-state index contributed by atoms with van der Waals surface area (Å²) < 4.78 is 43.6. The molecule has 3 fully saturated rings. The van der Waals surface area contributed by atoms with Gasteiger partial charge in [0, 0.05) is 12.1 Å². The average molecular weight is 576 g/mol. The molecule has 1 aliphatic carbocycles. The monoisotopic (exact) mass is 575 g/mol. The highest BCUT2D eigenvalue weighted by molar-refractivity contribution is 6.03. The normalized spacial score (nSPS) is 18.1. The van der Waals surface area contributed by atoms with Crippen molar-refractivity contribution in [3.8, 4) is 28.9 Å². The minimum Gasteiger partial charge on any atom is -0.508 e. The zero-order valence-electron chi connectivity index (χ0n) is 24.0. The zero-order valence-corrected chi connectivity index (χ0v) is 24.0. The molecule has 220 valence electrons. The lowest BCUT2D eigenvalue weighted by Crippen LogP contribution is -2.43. The number of nitrogens with zero attached hydrogens (tertiary/aromatic N) is 4. The van der Waals surface area contributed by atoms with E-state index in [1.807, 2.05) is 6.92 Å². The number of nitrogens with one attached hydrogen (secondary N) is 1. The van der Waals surface area contributed by atoms with Crippen molar-refractivity contribution in [1.29, 1.82) is 0 Å². The van der Waals surface area contributed by atoms with Crippen LogP contribution in [0.15, 0.2) is 24.3 Å². The van der Waals surface area contributed by atoms with Crippen molar-refractivity contribution in [3.63, 3.8) is 0 Å². The zero-order chi connectivity index (χ0) is 29.0. The van der Waals surface area contributed by atoms with Crippen LogP contribution in [0.1, 0.15) is 51.0 Å². The minimum absolute atomic E-state index is 0.00158. The van der Waals surface area contributed by atoms with Crippen LogP contribution in [0.3, 0.4) is 0 Å². The molecule has 0 amide bonds. The van der Waals surface area contributed by atoms with Gasteiger partial charge in [0.2, 0.25) is 5.88 Å². The predicted octanol–water partition coefficient (Wildman–Crippen LogP) is 6.23. The maximum Gasteiger partial charge on any atom is 0.319 e. The maximum atomic E-state index is 16.7. The number of benzene rings is 2. The summed E-state index contributed by atoms with van der Waals surface area (Å²) in [6.07, 6.45) is 7.03. The molecule has 7 rings (SSSR count). The highest BCUT2D eigenvalue weighted by Gasteiger charge is 2.45. The molecule has 42 heavy (non-hydrogen) atoms. The fourth-order valence-electron chi connectivity index (χ4n) is 6.89. The summed E-state index contributed by atoms with van der Waals surface area (Å²) in [5.74, 6) is -0.123. The summed E-state index contributed by atoms with van der Waals surface area (Å²) in [7, 11) is 1.46. The van der Waals surface area contributed by atoms with Gasteiger partial charge in [-0.1, -0.05) is 13.0 Å². The third-order valence-electron chi connectivity index (χ3n) is 9.22. The van der Waals surface area contributed by atoms with Gasteiger partial charge in [-0.2, -0.15) is 9.97 Å². The third-order valence-corrected chi connectivity index (χ3v) is 9.22. The number of halogens is 2. The van der Waals surface area contributed by atoms with E-state index in [9.17, 15) is 9.50 Å². The van der Waals surface area contributed by atoms with Gasteiger partial charge in [-0.3, -0.25) is 4.90 Å². The molecular weight excluding hydrogens is 540 g/mol. The number of pyridine rings is 1. The van der Waals surface area contributed by atoms with E-state index in [2.05, 4.69) is 25.2 Å². The first-order valence-electron chi connectivity index (χ1n) is 14.9. The van der Waals surface area contributed by atoms with Crippen LogP contribution in [0.5, 0.6) is 17.6 Å². The van der Waals surface area contributed by atoms with E-state index in [-0.39, 0.29) is 40.0 Å². The molecule has 0 radical (unpaired) electrons. The highest BCUT2D eigenvalue weighted by Crippen LogP contribution is 2.43. The molecule has 0 atom stereocenters. The minimum atomic E-state index is -0.716. The van der Waals surface area contributed by atoms with Crippen LogP contribution in [-0.4, -0.2) is 63.8 Å². The summed E-state index contributed by atoms with van der Waals surface area (Å²) >= 11 is 0. The molecule has 2 N–H and O–H groups in total. The van der Waals surface area contributed by atoms with E-state index in [0.717, 1.165) is 51.6 Å². The summed E-state index contributed by atoms with van der Waals surface area (Å²) in [6, 6.07) is 5.98. The number of ether oxygens (including phenoxy) is 2. The topological polar surface area (TPSA) is 92.6 Å². The Hall–Kier alpha value is -3.79. The lowest BCUT2D eigenvalue weighted by atomic mass is 9.94. The molecule has 0 unspecified atom stereocenters.